The lowest BCUT2D eigenvalue weighted by atomic mass is 10.1. The molecule has 28 heavy (non-hydrogen) atoms. The zero-order chi connectivity index (χ0) is 19.9. The molecule has 3 rings (SSSR count). The molecule has 0 aromatic heterocycles. The molecule has 0 fully saturated rings. The number of ether oxygens (including phenoxy) is 1. The monoisotopic (exact) mass is 456 g/mol. The zero-order valence-electron chi connectivity index (χ0n) is 15.2. The Kier molecular flexibility index (Phi) is 6.85. The molecule has 0 aliphatic heterocycles. The van der Waals surface area contributed by atoms with Crippen molar-refractivity contribution in [2.24, 2.45) is 5.10 Å². The Balaban J connectivity index is 1.61. The summed E-state index contributed by atoms with van der Waals surface area (Å²) < 4.78 is 6.61. The molecular formula is C22H18BrClN2O2. The standard InChI is InChI=1S/C22H18BrClN2O2/c1-15-6-2-4-8-18(15)22(27)26-25-13-16-10-11-21(19(23)12-16)28-14-17-7-3-5-9-20(17)24/h2-13H,14H2,1H3,(H,26,27)/b25-13-. The summed E-state index contributed by atoms with van der Waals surface area (Å²) in [6.07, 6.45) is 1.58. The molecule has 3 aromatic rings. The number of rotatable bonds is 6. The fourth-order valence-corrected chi connectivity index (χ4v) is 3.24. The van der Waals surface area contributed by atoms with Crippen molar-refractivity contribution in [3.8, 4) is 5.75 Å². The lowest BCUT2D eigenvalue weighted by molar-refractivity contribution is 0.0954. The van der Waals surface area contributed by atoms with Gasteiger partial charge in [-0.25, -0.2) is 5.43 Å². The van der Waals surface area contributed by atoms with E-state index in [0.29, 0.717) is 22.9 Å². The third-order valence-corrected chi connectivity index (χ3v) is 5.05. The van der Waals surface area contributed by atoms with Crippen molar-refractivity contribution in [2.45, 2.75) is 13.5 Å². The minimum Gasteiger partial charge on any atom is -0.488 e. The van der Waals surface area contributed by atoms with E-state index in [1.54, 1.807) is 12.3 Å². The van der Waals surface area contributed by atoms with Gasteiger partial charge < -0.3 is 4.74 Å². The van der Waals surface area contributed by atoms with E-state index in [1.807, 2.05) is 67.6 Å². The van der Waals surface area contributed by atoms with Crippen molar-refractivity contribution in [2.75, 3.05) is 0 Å². The van der Waals surface area contributed by atoms with Crippen molar-refractivity contribution in [1.29, 1.82) is 0 Å². The number of amides is 1. The van der Waals surface area contributed by atoms with E-state index >= 15 is 0 Å². The second-order valence-corrected chi connectivity index (χ2v) is 7.35. The van der Waals surface area contributed by atoms with Crippen molar-refractivity contribution >= 4 is 39.7 Å². The van der Waals surface area contributed by atoms with Crippen LogP contribution in [0, 0.1) is 6.92 Å². The molecule has 0 aliphatic rings. The number of nitrogens with one attached hydrogen (secondary N) is 1. The van der Waals surface area contributed by atoms with E-state index < -0.39 is 0 Å². The van der Waals surface area contributed by atoms with Crippen LogP contribution in [0.3, 0.4) is 0 Å². The quantitative estimate of drug-likeness (QED) is 0.378. The number of aryl methyl sites for hydroxylation is 1. The van der Waals surface area contributed by atoms with Crippen molar-refractivity contribution < 1.29 is 9.53 Å². The van der Waals surface area contributed by atoms with E-state index in [-0.39, 0.29) is 5.91 Å². The molecule has 0 unspecified atom stereocenters. The minimum absolute atomic E-state index is 0.242. The molecule has 0 bridgehead atoms. The third kappa shape index (κ3) is 5.21. The molecule has 0 saturated carbocycles. The van der Waals surface area contributed by atoms with Crippen LogP contribution in [-0.4, -0.2) is 12.1 Å². The summed E-state index contributed by atoms with van der Waals surface area (Å²) >= 11 is 9.65. The largest absolute Gasteiger partial charge is 0.488 e. The Morgan fingerprint density at radius 2 is 1.89 bits per heavy atom. The van der Waals surface area contributed by atoms with Gasteiger partial charge in [0.15, 0.2) is 0 Å². The number of carbonyl (C=O) groups excluding carboxylic acids is 1. The number of hydrogen-bond acceptors (Lipinski definition) is 3. The number of nitrogens with zero attached hydrogens (tertiary/aromatic N) is 1. The summed E-state index contributed by atoms with van der Waals surface area (Å²) in [5, 5.41) is 4.70. The summed E-state index contributed by atoms with van der Waals surface area (Å²) in [6, 6.07) is 20.5. The first-order chi connectivity index (χ1) is 13.5. The molecule has 0 atom stereocenters. The van der Waals surface area contributed by atoms with Gasteiger partial charge in [-0.3, -0.25) is 4.79 Å². The second-order valence-electron chi connectivity index (χ2n) is 6.08. The molecule has 4 nitrogen and oxygen atoms in total. The molecule has 0 spiro atoms. The molecule has 6 heteroatoms. The van der Waals surface area contributed by atoms with Gasteiger partial charge in [-0.15, -0.1) is 0 Å². The SMILES string of the molecule is Cc1ccccc1C(=O)N/N=C\c1ccc(OCc2ccccc2Cl)c(Br)c1. The normalized spacial score (nSPS) is 10.8. The highest BCUT2D eigenvalue weighted by atomic mass is 79.9. The van der Waals surface area contributed by atoms with Gasteiger partial charge in [0.25, 0.3) is 5.91 Å². The van der Waals surface area contributed by atoms with E-state index in [2.05, 4.69) is 26.5 Å². The summed E-state index contributed by atoms with van der Waals surface area (Å²) in [4.78, 5) is 12.2. The van der Waals surface area contributed by atoms with E-state index in [9.17, 15) is 4.79 Å². The topological polar surface area (TPSA) is 50.7 Å². The Labute approximate surface area is 177 Å². The van der Waals surface area contributed by atoms with E-state index in [4.69, 9.17) is 16.3 Å². The summed E-state index contributed by atoms with van der Waals surface area (Å²) in [5.41, 5.74) is 5.79. The summed E-state index contributed by atoms with van der Waals surface area (Å²) in [7, 11) is 0. The van der Waals surface area contributed by atoms with Crippen LogP contribution >= 0.6 is 27.5 Å². The predicted molar refractivity (Wildman–Crippen MR) is 116 cm³/mol. The van der Waals surface area contributed by atoms with Gasteiger partial charge in [-0.1, -0.05) is 48.0 Å². The highest BCUT2D eigenvalue weighted by Gasteiger charge is 2.07. The van der Waals surface area contributed by atoms with Crippen molar-refractivity contribution in [3.05, 3.63) is 98.5 Å². The van der Waals surface area contributed by atoms with Crippen LogP contribution in [0.1, 0.15) is 27.0 Å². The van der Waals surface area contributed by atoms with Crippen molar-refractivity contribution in [3.63, 3.8) is 0 Å². The van der Waals surface area contributed by atoms with Gasteiger partial charge in [-0.2, -0.15) is 5.10 Å². The van der Waals surface area contributed by atoms with Gasteiger partial charge in [0.05, 0.1) is 10.7 Å². The number of benzene rings is 3. The maximum atomic E-state index is 12.2. The van der Waals surface area contributed by atoms with Crippen molar-refractivity contribution in [1.82, 2.24) is 5.43 Å². The molecule has 1 amide bonds. The van der Waals surface area contributed by atoms with Crippen LogP contribution in [0.2, 0.25) is 5.02 Å². The Morgan fingerprint density at radius 3 is 2.64 bits per heavy atom. The highest BCUT2D eigenvalue weighted by molar-refractivity contribution is 9.10. The fourth-order valence-electron chi connectivity index (χ4n) is 2.54. The second kappa shape index (κ2) is 9.53. The van der Waals surface area contributed by atoms with Crippen LogP contribution in [0.4, 0.5) is 0 Å². The van der Waals surface area contributed by atoms with Gasteiger partial charge in [0.2, 0.25) is 0 Å². The number of hydrogen-bond donors (Lipinski definition) is 1. The summed E-state index contributed by atoms with van der Waals surface area (Å²) in [5.74, 6) is 0.453. The first kappa shape index (κ1) is 20.1. The van der Waals surface area contributed by atoms with E-state index in [1.165, 1.54) is 0 Å². The van der Waals surface area contributed by atoms with Crippen LogP contribution in [0.25, 0.3) is 0 Å². The smallest absolute Gasteiger partial charge is 0.271 e. The lowest BCUT2D eigenvalue weighted by Gasteiger charge is -2.10. The first-order valence-corrected chi connectivity index (χ1v) is 9.76. The van der Waals surface area contributed by atoms with Gasteiger partial charge in [0.1, 0.15) is 12.4 Å². The molecule has 1 N–H and O–H groups in total. The van der Waals surface area contributed by atoms with E-state index in [0.717, 1.165) is 21.2 Å². The lowest BCUT2D eigenvalue weighted by Crippen LogP contribution is -2.18. The Morgan fingerprint density at radius 1 is 1.14 bits per heavy atom. The first-order valence-electron chi connectivity index (χ1n) is 8.59. The zero-order valence-corrected chi connectivity index (χ0v) is 17.5. The molecule has 0 radical (unpaired) electrons. The maximum absolute atomic E-state index is 12.2. The fraction of sp³-hybridized carbons (Fsp3) is 0.0909. The predicted octanol–water partition coefficient (Wildman–Crippen LogP) is 5.75. The molecule has 3 aromatic carbocycles. The van der Waals surface area contributed by atoms with Crippen LogP contribution < -0.4 is 10.2 Å². The minimum atomic E-state index is -0.242. The highest BCUT2D eigenvalue weighted by Crippen LogP contribution is 2.27. The number of carbonyl (C=O) groups is 1. The van der Waals surface area contributed by atoms with Crippen LogP contribution in [-0.2, 0) is 6.61 Å². The van der Waals surface area contributed by atoms with Gasteiger partial charge >= 0.3 is 0 Å². The molecule has 0 heterocycles. The van der Waals surface area contributed by atoms with Crippen LogP contribution in [0.15, 0.2) is 76.3 Å². The Hall–Kier alpha value is -2.63. The third-order valence-electron chi connectivity index (χ3n) is 4.07. The number of halogens is 2. The summed E-state index contributed by atoms with van der Waals surface area (Å²) in [6.45, 7) is 2.26. The molecule has 0 aliphatic carbocycles. The molecular weight excluding hydrogens is 440 g/mol. The Bertz CT molecular complexity index is 1020. The average molecular weight is 458 g/mol. The molecule has 142 valence electrons. The van der Waals surface area contributed by atoms with Gasteiger partial charge in [0, 0.05) is 16.1 Å². The molecule has 0 saturated heterocycles. The number of hydrazone groups is 1. The van der Waals surface area contributed by atoms with Gasteiger partial charge in [-0.05, 0) is 64.3 Å². The maximum Gasteiger partial charge on any atom is 0.271 e. The van der Waals surface area contributed by atoms with Crippen LogP contribution in [0.5, 0.6) is 5.75 Å². The average Bonchev–Trinajstić information content (AvgIpc) is 2.69.